The number of carbonyl (C=O) groups excluding carboxylic acids is 2. The smallest absolute Gasteiger partial charge is 0.294 e. The molecule has 1 atom stereocenters. The molecule has 0 fully saturated rings. The number of hydrogen-bond acceptors (Lipinski definition) is 5. The number of nitrogens with zero attached hydrogens (tertiary/aromatic N) is 1. The Kier molecular flexibility index (Phi) is 5.08. The Labute approximate surface area is 197 Å². The minimum absolute atomic E-state index is 0.0165. The van der Waals surface area contributed by atoms with Gasteiger partial charge in [-0.3, -0.25) is 14.5 Å². The molecule has 8 heteroatoms. The summed E-state index contributed by atoms with van der Waals surface area (Å²) in [4.78, 5) is 28.9. The lowest BCUT2D eigenvalue weighted by Crippen LogP contribution is -2.31. The Morgan fingerprint density at radius 3 is 2.69 bits per heavy atom. The maximum Gasteiger partial charge on any atom is 0.294 e. The van der Waals surface area contributed by atoms with E-state index in [4.69, 9.17) is 27.6 Å². The van der Waals surface area contributed by atoms with Gasteiger partial charge >= 0.3 is 0 Å². The molecule has 160 valence electrons. The maximum atomic E-state index is 13.5. The van der Waals surface area contributed by atoms with Crippen molar-refractivity contribution in [2.24, 2.45) is 0 Å². The van der Waals surface area contributed by atoms with Gasteiger partial charge in [0.25, 0.3) is 5.91 Å². The molecule has 0 radical (unpaired) electrons. The molecule has 1 aliphatic rings. The van der Waals surface area contributed by atoms with E-state index in [0.717, 1.165) is 4.88 Å². The van der Waals surface area contributed by atoms with Gasteiger partial charge < -0.3 is 9.52 Å². The molecule has 1 aliphatic heterocycles. The third-order valence-electron chi connectivity index (χ3n) is 5.47. The van der Waals surface area contributed by atoms with Crippen molar-refractivity contribution < 1.29 is 19.1 Å². The number of carbonyl (C=O) groups is 2. The van der Waals surface area contributed by atoms with E-state index in [1.165, 1.54) is 16.2 Å². The van der Waals surface area contributed by atoms with Crippen LogP contribution in [-0.2, 0) is 4.79 Å². The summed E-state index contributed by atoms with van der Waals surface area (Å²) >= 11 is 13.7. The van der Waals surface area contributed by atoms with E-state index in [0.29, 0.717) is 32.3 Å². The fraction of sp³-hybridized carbons (Fsp3) is 0.0833. The highest BCUT2D eigenvalue weighted by atomic mass is 35.5. The molecule has 5 rings (SSSR count). The topological polar surface area (TPSA) is 70.8 Å². The second-order valence-electron chi connectivity index (χ2n) is 7.36. The van der Waals surface area contributed by atoms with Crippen LogP contribution in [0.2, 0.25) is 10.0 Å². The van der Waals surface area contributed by atoms with E-state index in [2.05, 4.69) is 0 Å². The molecule has 0 saturated heterocycles. The van der Waals surface area contributed by atoms with Gasteiger partial charge in [-0.2, -0.15) is 0 Å². The van der Waals surface area contributed by atoms with Crippen LogP contribution in [0.15, 0.2) is 75.7 Å². The Hall–Kier alpha value is -3.06. The number of thiophene rings is 1. The summed E-state index contributed by atoms with van der Waals surface area (Å²) in [7, 11) is 0. The van der Waals surface area contributed by atoms with Crippen molar-refractivity contribution in [2.45, 2.75) is 13.0 Å². The first-order valence-electron chi connectivity index (χ1n) is 9.66. The van der Waals surface area contributed by atoms with Gasteiger partial charge in [-0.25, -0.2) is 0 Å². The molecule has 0 spiro atoms. The third kappa shape index (κ3) is 3.23. The highest BCUT2D eigenvalue weighted by molar-refractivity contribution is 7.10. The molecular formula is C24H15Cl2NO4S. The van der Waals surface area contributed by atoms with Crippen molar-refractivity contribution in [3.63, 3.8) is 0 Å². The molecule has 1 unspecified atom stereocenters. The van der Waals surface area contributed by atoms with Gasteiger partial charge in [0.1, 0.15) is 11.6 Å². The number of Topliss-reactive ketones (excluding diaryl/α,β-unsaturated/α-hetero) is 1. The first kappa shape index (κ1) is 20.8. The predicted octanol–water partition coefficient (Wildman–Crippen LogP) is 6.89. The lowest BCUT2D eigenvalue weighted by molar-refractivity contribution is -0.117. The Morgan fingerprint density at radius 1 is 1.12 bits per heavy atom. The number of amides is 1. The number of fused-ring (bicyclic) bond motifs is 1. The van der Waals surface area contributed by atoms with Crippen LogP contribution in [0.1, 0.15) is 27.0 Å². The number of anilines is 1. The van der Waals surface area contributed by atoms with Crippen molar-refractivity contribution in [2.75, 3.05) is 4.90 Å². The number of rotatable bonds is 4. The molecule has 2 aromatic carbocycles. The van der Waals surface area contributed by atoms with Crippen LogP contribution in [-0.4, -0.2) is 16.8 Å². The van der Waals surface area contributed by atoms with Crippen LogP contribution in [0.3, 0.4) is 0 Å². The quantitative estimate of drug-likeness (QED) is 0.320. The number of halogens is 2. The van der Waals surface area contributed by atoms with Crippen molar-refractivity contribution in [3.8, 4) is 0 Å². The average Bonchev–Trinajstić information content (AvgIpc) is 3.49. The molecule has 4 aromatic rings. The number of hydrogen-bond donors (Lipinski definition) is 1. The van der Waals surface area contributed by atoms with Crippen LogP contribution >= 0.6 is 34.5 Å². The van der Waals surface area contributed by atoms with Gasteiger partial charge in [0.05, 0.1) is 5.57 Å². The maximum absolute atomic E-state index is 13.5. The van der Waals surface area contributed by atoms with E-state index in [1.807, 2.05) is 17.5 Å². The van der Waals surface area contributed by atoms with E-state index in [9.17, 15) is 14.7 Å². The fourth-order valence-electron chi connectivity index (χ4n) is 3.92. The lowest BCUT2D eigenvalue weighted by Gasteiger charge is -2.27. The van der Waals surface area contributed by atoms with Gasteiger partial charge in [0.2, 0.25) is 5.78 Å². The van der Waals surface area contributed by atoms with E-state index >= 15 is 0 Å². The van der Waals surface area contributed by atoms with Gasteiger partial charge in [-0.05, 0) is 60.3 Å². The lowest BCUT2D eigenvalue weighted by atomic mass is 9.99. The van der Waals surface area contributed by atoms with Gasteiger partial charge in [0.15, 0.2) is 11.5 Å². The first-order valence-corrected chi connectivity index (χ1v) is 11.3. The number of aliphatic hydroxyl groups is 1. The SMILES string of the molecule is Cc1c(Cl)cccc1N1C(=O)C(O)=C(C(=O)c2cc3cc(Cl)ccc3o2)C1c1cccs1. The predicted molar refractivity (Wildman–Crippen MR) is 126 cm³/mol. The summed E-state index contributed by atoms with van der Waals surface area (Å²) in [6.07, 6.45) is 0. The van der Waals surface area contributed by atoms with Crippen LogP contribution in [0.5, 0.6) is 0 Å². The van der Waals surface area contributed by atoms with Gasteiger partial charge in [0, 0.05) is 26.0 Å². The summed E-state index contributed by atoms with van der Waals surface area (Å²) in [6, 6.07) is 14.6. The minimum atomic E-state index is -0.816. The van der Waals surface area contributed by atoms with E-state index in [1.54, 1.807) is 49.4 Å². The number of furan rings is 1. The molecule has 32 heavy (non-hydrogen) atoms. The summed E-state index contributed by atoms with van der Waals surface area (Å²) in [5, 5.41) is 14.3. The van der Waals surface area contributed by atoms with Crippen molar-refractivity contribution in [1.82, 2.24) is 0 Å². The van der Waals surface area contributed by atoms with Gasteiger partial charge in [-0.1, -0.05) is 35.3 Å². The molecule has 0 aliphatic carbocycles. The van der Waals surface area contributed by atoms with E-state index < -0.39 is 23.5 Å². The number of aliphatic hydroxyl groups excluding tert-OH is 1. The Morgan fingerprint density at radius 2 is 1.94 bits per heavy atom. The molecule has 0 saturated carbocycles. The zero-order valence-corrected chi connectivity index (χ0v) is 19.0. The summed E-state index contributed by atoms with van der Waals surface area (Å²) in [5.41, 5.74) is 1.63. The highest BCUT2D eigenvalue weighted by Crippen LogP contribution is 2.45. The Balaban J connectivity index is 1.66. The second-order valence-corrected chi connectivity index (χ2v) is 9.18. The van der Waals surface area contributed by atoms with Crippen LogP contribution in [0.4, 0.5) is 5.69 Å². The third-order valence-corrected chi connectivity index (χ3v) is 7.04. The normalized spacial score (nSPS) is 16.4. The molecule has 2 aromatic heterocycles. The Bertz CT molecular complexity index is 1420. The largest absolute Gasteiger partial charge is 0.503 e. The molecule has 1 amide bonds. The van der Waals surface area contributed by atoms with Crippen molar-refractivity contribution in [1.29, 1.82) is 0 Å². The molecule has 3 heterocycles. The van der Waals surface area contributed by atoms with Crippen molar-refractivity contribution >= 4 is 62.9 Å². The molecule has 1 N–H and O–H groups in total. The molecule has 5 nitrogen and oxygen atoms in total. The summed E-state index contributed by atoms with van der Waals surface area (Å²) in [6.45, 7) is 1.79. The summed E-state index contributed by atoms with van der Waals surface area (Å²) < 4.78 is 5.73. The van der Waals surface area contributed by atoms with Crippen molar-refractivity contribution in [3.05, 3.63) is 97.6 Å². The average molecular weight is 484 g/mol. The minimum Gasteiger partial charge on any atom is -0.503 e. The first-order chi connectivity index (χ1) is 15.4. The fourth-order valence-corrected chi connectivity index (χ4v) is 5.09. The zero-order chi connectivity index (χ0) is 22.6. The van der Waals surface area contributed by atoms with Crippen LogP contribution in [0, 0.1) is 6.92 Å². The monoisotopic (exact) mass is 483 g/mol. The zero-order valence-electron chi connectivity index (χ0n) is 16.6. The van der Waals surface area contributed by atoms with E-state index in [-0.39, 0.29) is 11.3 Å². The second kappa shape index (κ2) is 7.81. The highest BCUT2D eigenvalue weighted by Gasteiger charge is 2.46. The van der Waals surface area contributed by atoms with Crippen LogP contribution in [0.25, 0.3) is 11.0 Å². The van der Waals surface area contributed by atoms with Gasteiger partial charge in [-0.15, -0.1) is 11.3 Å². The number of ketones is 1. The number of benzene rings is 2. The summed E-state index contributed by atoms with van der Waals surface area (Å²) in [5.74, 6) is -1.82. The standard InChI is InChI=1S/C24H15Cl2NO4S/c1-12-15(26)4-2-5-16(12)27-21(19-6-3-9-32-19)20(23(29)24(27)30)22(28)18-11-13-10-14(25)7-8-17(13)31-18/h2-11,21,29H,1H3. The molecular weight excluding hydrogens is 469 g/mol. The van der Waals surface area contributed by atoms with Crippen LogP contribution < -0.4 is 4.90 Å². The molecule has 0 bridgehead atoms.